The Balaban J connectivity index is 0.000000338. The van der Waals surface area contributed by atoms with E-state index in [1.807, 2.05) is 12.1 Å². The van der Waals surface area contributed by atoms with Crippen molar-refractivity contribution in [3.8, 4) is 0 Å². The Bertz CT molecular complexity index is 1010. The Morgan fingerprint density at radius 1 is 0.484 bits per heavy atom. The Morgan fingerprint density at radius 2 is 0.903 bits per heavy atom. The molecule has 0 N–H and O–H groups in total. The smallest absolute Gasteiger partial charge is 0.213 e. The van der Waals surface area contributed by atoms with Crippen molar-refractivity contribution in [2.45, 2.75) is 12.3 Å². The zero-order valence-electron chi connectivity index (χ0n) is 17.6. The van der Waals surface area contributed by atoms with E-state index in [-0.39, 0.29) is 22.5 Å². The van der Waals surface area contributed by atoms with Gasteiger partial charge in [0.15, 0.2) is 0 Å². The molecule has 5 aromatic rings. The van der Waals surface area contributed by atoms with Gasteiger partial charge in [-0.3, -0.25) is 0 Å². The summed E-state index contributed by atoms with van der Waals surface area (Å²) in [6, 6.07) is 49.3. The SMILES string of the molecule is Cc1ccc[cH-]1.[Fe+2].c1ccc(C(c2ccccc2)(c2ccccc2)c2ccc[cH-]2)cc1. The monoisotopic (exact) mass is 442 g/mol. The summed E-state index contributed by atoms with van der Waals surface area (Å²) in [6.45, 7) is 2.08. The van der Waals surface area contributed by atoms with Gasteiger partial charge in [0.05, 0.1) is 0 Å². The predicted molar refractivity (Wildman–Crippen MR) is 127 cm³/mol. The van der Waals surface area contributed by atoms with Gasteiger partial charge in [-0.1, -0.05) is 97.9 Å². The van der Waals surface area contributed by atoms with Crippen molar-refractivity contribution in [3.63, 3.8) is 0 Å². The first kappa shape index (κ1) is 22.6. The van der Waals surface area contributed by atoms with Crippen LogP contribution in [0.4, 0.5) is 0 Å². The molecule has 0 aromatic heterocycles. The second-order valence-corrected chi connectivity index (χ2v) is 7.48. The van der Waals surface area contributed by atoms with E-state index in [0.717, 1.165) is 0 Å². The topological polar surface area (TPSA) is 0 Å². The molecule has 0 aliphatic heterocycles. The van der Waals surface area contributed by atoms with Crippen molar-refractivity contribution in [2.24, 2.45) is 0 Å². The van der Waals surface area contributed by atoms with Crippen LogP contribution in [0, 0.1) is 6.92 Å². The Morgan fingerprint density at radius 3 is 1.19 bits per heavy atom. The second kappa shape index (κ2) is 10.8. The van der Waals surface area contributed by atoms with Crippen LogP contribution < -0.4 is 0 Å². The summed E-state index contributed by atoms with van der Waals surface area (Å²) in [5.41, 5.74) is 6.20. The third kappa shape index (κ3) is 4.80. The number of hydrogen-bond acceptors (Lipinski definition) is 0. The van der Waals surface area contributed by atoms with Gasteiger partial charge < -0.3 is 0 Å². The number of aryl methyl sites for hydroxylation is 1. The van der Waals surface area contributed by atoms with Gasteiger partial charge in [-0.25, -0.2) is 24.3 Å². The minimum atomic E-state index is -0.298. The first-order valence-electron chi connectivity index (χ1n) is 10.4. The van der Waals surface area contributed by atoms with E-state index in [1.165, 1.54) is 27.8 Å². The summed E-state index contributed by atoms with van der Waals surface area (Å²) in [7, 11) is 0. The van der Waals surface area contributed by atoms with Crippen LogP contribution in [0.5, 0.6) is 0 Å². The van der Waals surface area contributed by atoms with Gasteiger partial charge in [0, 0.05) is 5.41 Å². The molecule has 0 nitrogen and oxygen atoms in total. The molecule has 0 amide bonds. The summed E-state index contributed by atoms with van der Waals surface area (Å²) >= 11 is 0. The maximum Gasteiger partial charge on any atom is 2.00 e. The van der Waals surface area contributed by atoms with Gasteiger partial charge >= 0.3 is 17.1 Å². The summed E-state index contributed by atoms with van der Waals surface area (Å²) in [5, 5.41) is 0. The predicted octanol–water partition coefficient (Wildman–Crippen LogP) is 7.50. The zero-order chi connectivity index (χ0) is 20.7. The molecule has 0 atom stereocenters. The molecule has 0 saturated heterocycles. The van der Waals surface area contributed by atoms with Crippen LogP contribution in [0.25, 0.3) is 0 Å². The number of hydrogen-bond donors (Lipinski definition) is 0. The van der Waals surface area contributed by atoms with Crippen molar-refractivity contribution in [2.75, 3.05) is 0 Å². The molecular formula is C30H26Fe. The molecule has 0 bridgehead atoms. The van der Waals surface area contributed by atoms with Crippen LogP contribution in [-0.2, 0) is 22.5 Å². The fourth-order valence-corrected chi connectivity index (χ4v) is 4.16. The molecule has 0 aliphatic rings. The maximum absolute atomic E-state index is 2.23. The van der Waals surface area contributed by atoms with E-state index >= 15 is 0 Å². The molecule has 0 heterocycles. The van der Waals surface area contributed by atoms with Gasteiger partial charge in [0.2, 0.25) is 0 Å². The van der Waals surface area contributed by atoms with Crippen LogP contribution in [0.2, 0.25) is 0 Å². The molecule has 31 heavy (non-hydrogen) atoms. The molecule has 5 aromatic carbocycles. The molecule has 154 valence electrons. The average molecular weight is 442 g/mol. The molecular weight excluding hydrogens is 416 g/mol. The first-order chi connectivity index (χ1) is 14.8. The van der Waals surface area contributed by atoms with Crippen molar-refractivity contribution >= 4 is 0 Å². The Hall–Kier alpha value is -3.12. The molecule has 0 unspecified atom stereocenters. The van der Waals surface area contributed by atoms with E-state index in [1.54, 1.807) is 0 Å². The molecule has 5 rings (SSSR count). The van der Waals surface area contributed by atoms with E-state index in [4.69, 9.17) is 0 Å². The molecule has 0 aliphatic carbocycles. The van der Waals surface area contributed by atoms with Crippen molar-refractivity contribution in [3.05, 3.63) is 167 Å². The standard InChI is InChI=1S/C24H19.C6H7.Fe/c1-4-12-20(13-5-1)24(23-18-10-11-19-23,21-14-6-2-7-15-21)22-16-8-3-9-17-22;1-6-4-2-3-5-6;/h1-19H;2-5H,1H3;/q2*-1;+2. The summed E-state index contributed by atoms with van der Waals surface area (Å²) < 4.78 is 0. The van der Waals surface area contributed by atoms with Crippen molar-refractivity contribution in [1.29, 1.82) is 0 Å². The van der Waals surface area contributed by atoms with Crippen molar-refractivity contribution < 1.29 is 17.1 Å². The van der Waals surface area contributed by atoms with Gasteiger partial charge in [-0.15, -0.1) is 5.56 Å². The third-order valence-electron chi connectivity index (χ3n) is 5.55. The minimum Gasteiger partial charge on any atom is -0.213 e. The van der Waals surface area contributed by atoms with Crippen molar-refractivity contribution in [1.82, 2.24) is 0 Å². The first-order valence-corrected chi connectivity index (χ1v) is 10.4. The largest absolute Gasteiger partial charge is 2.00 e. The number of benzene rings is 3. The van der Waals surface area contributed by atoms with Crippen LogP contribution in [0.15, 0.2) is 140 Å². The summed E-state index contributed by atoms with van der Waals surface area (Å²) in [4.78, 5) is 0. The van der Waals surface area contributed by atoms with E-state index in [2.05, 4.69) is 134 Å². The molecule has 1 heteroatoms. The van der Waals surface area contributed by atoms with Crippen LogP contribution >= 0.6 is 0 Å². The van der Waals surface area contributed by atoms with Crippen LogP contribution in [-0.4, -0.2) is 0 Å². The van der Waals surface area contributed by atoms with E-state index in [9.17, 15) is 0 Å². The molecule has 0 saturated carbocycles. The van der Waals surface area contributed by atoms with Crippen LogP contribution in [0.1, 0.15) is 27.8 Å². The third-order valence-corrected chi connectivity index (χ3v) is 5.55. The summed E-state index contributed by atoms with van der Waals surface area (Å²) in [5.74, 6) is 0. The van der Waals surface area contributed by atoms with Gasteiger partial charge in [0.25, 0.3) is 0 Å². The fourth-order valence-electron chi connectivity index (χ4n) is 4.16. The summed E-state index contributed by atoms with van der Waals surface area (Å²) in [6.07, 6.45) is 0. The Kier molecular flexibility index (Phi) is 7.84. The fraction of sp³-hybridized carbons (Fsp3) is 0.0667. The molecule has 0 spiro atoms. The molecule has 0 radical (unpaired) electrons. The maximum atomic E-state index is 2.23. The normalized spacial score (nSPS) is 10.5. The second-order valence-electron chi connectivity index (χ2n) is 7.48. The Labute approximate surface area is 196 Å². The minimum absolute atomic E-state index is 0. The van der Waals surface area contributed by atoms with Gasteiger partial charge in [-0.2, -0.15) is 29.8 Å². The average Bonchev–Trinajstić information content (AvgIpc) is 3.52. The van der Waals surface area contributed by atoms with E-state index in [0.29, 0.717) is 0 Å². The molecule has 0 fully saturated rings. The quantitative estimate of drug-likeness (QED) is 0.154. The zero-order valence-corrected chi connectivity index (χ0v) is 18.7. The van der Waals surface area contributed by atoms with E-state index < -0.39 is 0 Å². The number of rotatable bonds is 4. The van der Waals surface area contributed by atoms with Crippen LogP contribution in [0.3, 0.4) is 0 Å². The van der Waals surface area contributed by atoms with Gasteiger partial charge in [0.1, 0.15) is 0 Å². The van der Waals surface area contributed by atoms with Gasteiger partial charge in [-0.05, 0) is 16.7 Å².